The van der Waals surface area contributed by atoms with E-state index in [-0.39, 0.29) is 18.3 Å². The summed E-state index contributed by atoms with van der Waals surface area (Å²) in [4.78, 5) is 17.1. The van der Waals surface area contributed by atoms with Crippen molar-refractivity contribution in [3.8, 4) is 0 Å². The van der Waals surface area contributed by atoms with Gasteiger partial charge in [0, 0.05) is 4.88 Å². The van der Waals surface area contributed by atoms with E-state index in [2.05, 4.69) is 17.2 Å². The molecule has 1 aromatic heterocycles. The lowest BCUT2D eigenvalue weighted by molar-refractivity contribution is -0.117. The van der Waals surface area contributed by atoms with Gasteiger partial charge in [0.15, 0.2) is 5.13 Å². The standard InChI is InChI=1S/C11H19N3OS.ClH/c1-4-6-8(12)10(15)14-11-13-9(5-2)7(3)16-11;/h8H,4-6,12H2,1-3H3,(H,13,14,15);1H. The molecule has 1 atom stereocenters. The zero-order chi connectivity index (χ0) is 12.1. The smallest absolute Gasteiger partial charge is 0.243 e. The molecule has 0 aliphatic rings. The minimum Gasteiger partial charge on any atom is -0.320 e. The second-order valence-electron chi connectivity index (χ2n) is 3.76. The summed E-state index contributed by atoms with van der Waals surface area (Å²) in [6, 6.07) is -0.431. The van der Waals surface area contributed by atoms with Crippen LogP contribution in [0.4, 0.5) is 5.13 Å². The van der Waals surface area contributed by atoms with E-state index >= 15 is 0 Å². The number of nitrogens with one attached hydrogen (secondary N) is 1. The van der Waals surface area contributed by atoms with Crippen LogP contribution in [-0.4, -0.2) is 16.9 Å². The van der Waals surface area contributed by atoms with Crippen molar-refractivity contribution in [2.45, 2.75) is 46.1 Å². The highest BCUT2D eigenvalue weighted by atomic mass is 35.5. The normalized spacial score (nSPS) is 11.8. The summed E-state index contributed by atoms with van der Waals surface area (Å²) >= 11 is 1.50. The molecule has 1 rings (SSSR count). The quantitative estimate of drug-likeness (QED) is 0.869. The summed E-state index contributed by atoms with van der Waals surface area (Å²) in [7, 11) is 0. The minimum absolute atomic E-state index is 0. The van der Waals surface area contributed by atoms with Crippen LogP contribution in [0.15, 0.2) is 0 Å². The first kappa shape index (κ1) is 16.4. The lowest BCUT2D eigenvalue weighted by atomic mass is 10.2. The molecule has 1 amide bonds. The van der Waals surface area contributed by atoms with Gasteiger partial charge in [-0.05, 0) is 19.8 Å². The first-order valence-electron chi connectivity index (χ1n) is 5.61. The summed E-state index contributed by atoms with van der Waals surface area (Å²) in [6.45, 7) is 6.07. The highest BCUT2D eigenvalue weighted by Crippen LogP contribution is 2.22. The van der Waals surface area contributed by atoms with E-state index in [0.717, 1.165) is 23.4 Å². The zero-order valence-electron chi connectivity index (χ0n) is 10.4. The molecular weight excluding hydrogens is 258 g/mol. The van der Waals surface area contributed by atoms with Crippen LogP contribution >= 0.6 is 23.7 Å². The number of hydrogen-bond acceptors (Lipinski definition) is 4. The Labute approximate surface area is 112 Å². The van der Waals surface area contributed by atoms with Gasteiger partial charge in [-0.15, -0.1) is 23.7 Å². The van der Waals surface area contributed by atoms with Crippen molar-refractivity contribution in [3.63, 3.8) is 0 Å². The van der Waals surface area contributed by atoms with Crippen LogP contribution in [0.1, 0.15) is 37.3 Å². The van der Waals surface area contributed by atoms with Gasteiger partial charge in [0.25, 0.3) is 0 Å². The van der Waals surface area contributed by atoms with Crippen molar-refractivity contribution >= 4 is 34.8 Å². The van der Waals surface area contributed by atoms with Crippen molar-refractivity contribution in [2.24, 2.45) is 5.73 Å². The van der Waals surface area contributed by atoms with E-state index in [1.165, 1.54) is 11.3 Å². The maximum Gasteiger partial charge on any atom is 0.243 e. The minimum atomic E-state index is -0.431. The monoisotopic (exact) mass is 277 g/mol. The highest BCUT2D eigenvalue weighted by Gasteiger charge is 2.14. The molecule has 1 aromatic rings. The molecule has 0 spiro atoms. The van der Waals surface area contributed by atoms with E-state index in [0.29, 0.717) is 11.6 Å². The summed E-state index contributed by atoms with van der Waals surface area (Å²) in [5.74, 6) is -0.141. The van der Waals surface area contributed by atoms with Gasteiger partial charge in [-0.3, -0.25) is 4.79 Å². The van der Waals surface area contributed by atoms with Crippen LogP contribution < -0.4 is 11.1 Å². The third kappa shape index (κ3) is 4.61. The van der Waals surface area contributed by atoms with Crippen LogP contribution in [0.2, 0.25) is 0 Å². The van der Waals surface area contributed by atoms with Gasteiger partial charge in [-0.25, -0.2) is 4.98 Å². The molecule has 0 aromatic carbocycles. The number of carbonyl (C=O) groups is 1. The maximum atomic E-state index is 11.6. The Bertz CT molecular complexity index is 368. The van der Waals surface area contributed by atoms with E-state index in [4.69, 9.17) is 5.73 Å². The molecule has 0 bridgehead atoms. The number of thiazole rings is 1. The van der Waals surface area contributed by atoms with Gasteiger partial charge in [-0.2, -0.15) is 0 Å². The fraction of sp³-hybridized carbons (Fsp3) is 0.636. The third-order valence-corrected chi connectivity index (χ3v) is 3.32. The lowest BCUT2D eigenvalue weighted by Gasteiger charge is -2.08. The third-order valence-electron chi connectivity index (χ3n) is 2.39. The molecule has 17 heavy (non-hydrogen) atoms. The van der Waals surface area contributed by atoms with Crippen molar-refractivity contribution in [1.82, 2.24) is 4.98 Å². The maximum absolute atomic E-state index is 11.6. The Balaban J connectivity index is 0.00000256. The second kappa shape index (κ2) is 7.63. The van der Waals surface area contributed by atoms with Crippen molar-refractivity contribution < 1.29 is 4.79 Å². The summed E-state index contributed by atoms with van der Waals surface area (Å²) < 4.78 is 0. The molecule has 0 saturated heterocycles. The van der Waals surface area contributed by atoms with Crippen molar-refractivity contribution in [3.05, 3.63) is 10.6 Å². The molecule has 0 fully saturated rings. The summed E-state index contributed by atoms with van der Waals surface area (Å²) in [6.07, 6.45) is 2.50. The topological polar surface area (TPSA) is 68.0 Å². The molecule has 1 unspecified atom stereocenters. The summed E-state index contributed by atoms with van der Waals surface area (Å²) in [5.41, 5.74) is 6.76. The van der Waals surface area contributed by atoms with Crippen molar-refractivity contribution in [1.29, 1.82) is 0 Å². The van der Waals surface area contributed by atoms with Crippen LogP contribution in [0, 0.1) is 6.92 Å². The molecule has 3 N–H and O–H groups in total. The van der Waals surface area contributed by atoms with Gasteiger partial charge in [0.1, 0.15) is 0 Å². The van der Waals surface area contributed by atoms with Gasteiger partial charge in [-0.1, -0.05) is 20.3 Å². The number of aromatic nitrogens is 1. The van der Waals surface area contributed by atoms with Crippen LogP contribution in [0.5, 0.6) is 0 Å². The van der Waals surface area contributed by atoms with E-state index < -0.39 is 6.04 Å². The number of carbonyl (C=O) groups excluding carboxylic acids is 1. The molecule has 0 radical (unpaired) electrons. The highest BCUT2D eigenvalue weighted by molar-refractivity contribution is 7.15. The van der Waals surface area contributed by atoms with Crippen LogP contribution in [-0.2, 0) is 11.2 Å². The summed E-state index contributed by atoms with van der Waals surface area (Å²) in [5, 5.41) is 3.42. The number of halogens is 1. The Hall–Kier alpha value is -0.650. The molecule has 0 saturated carbocycles. The number of nitrogens with zero attached hydrogens (tertiary/aromatic N) is 1. The average Bonchev–Trinajstić information content (AvgIpc) is 2.59. The van der Waals surface area contributed by atoms with Gasteiger partial charge < -0.3 is 11.1 Å². The van der Waals surface area contributed by atoms with Gasteiger partial charge in [0.2, 0.25) is 5.91 Å². The Morgan fingerprint density at radius 2 is 2.18 bits per heavy atom. The average molecular weight is 278 g/mol. The predicted octanol–water partition coefficient (Wildman–Crippen LogP) is 2.50. The number of hydrogen-bond donors (Lipinski definition) is 2. The molecular formula is C11H20ClN3OS. The number of nitrogens with two attached hydrogens (primary N) is 1. The van der Waals surface area contributed by atoms with E-state index in [9.17, 15) is 4.79 Å². The molecule has 98 valence electrons. The molecule has 1 heterocycles. The lowest BCUT2D eigenvalue weighted by Crippen LogP contribution is -2.35. The molecule has 0 aliphatic heterocycles. The first-order valence-corrected chi connectivity index (χ1v) is 6.42. The first-order chi connectivity index (χ1) is 7.58. The van der Waals surface area contributed by atoms with Crippen LogP contribution in [0.3, 0.4) is 0 Å². The van der Waals surface area contributed by atoms with Crippen LogP contribution in [0.25, 0.3) is 0 Å². The van der Waals surface area contributed by atoms with Gasteiger partial charge in [0.05, 0.1) is 11.7 Å². The van der Waals surface area contributed by atoms with Crippen molar-refractivity contribution in [2.75, 3.05) is 5.32 Å². The second-order valence-corrected chi connectivity index (χ2v) is 4.96. The largest absolute Gasteiger partial charge is 0.320 e. The Kier molecular flexibility index (Phi) is 7.34. The fourth-order valence-corrected chi connectivity index (χ4v) is 2.35. The number of rotatable bonds is 5. The zero-order valence-corrected chi connectivity index (χ0v) is 12.1. The Morgan fingerprint density at radius 1 is 1.53 bits per heavy atom. The van der Waals surface area contributed by atoms with E-state index in [1.54, 1.807) is 0 Å². The SMILES string of the molecule is CCCC(N)C(=O)Nc1nc(CC)c(C)s1.Cl. The van der Waals surface area contributed by atoms with E-state index in [1.807, 2.05) is 13.8 Å². The number of aryl methyl sites for hydroxylation is 2. The molecule has 6 heteroatoms. The predicted molar refractivity (Wildman–Crippen MR) is 75.0 cm³/mol. The Morgan fingerprint density at radius 3 is 2.65 bits per heavy atom. The fourth-order valence-electron chi connectivity index (χ4n) is 1.45. The molecule has 0 aliphatic carbocycles. The number of anilines is 1. The molecule has 4 nitrogen and oxygen atoms in total. The van der Waals surface area contributed by atoms with Gasteiger partial charge >= 0.3 is 0 Å². The number of amides is 1.